The Hall–Kier alpha value is -0.993. The molecule has 2 aliphatic carbocycles. The Balaban J connectivity index is 2.08. The molecule has 0 saturated carbocycles. The van der Waals surface area contributed by atoms with Gasteiger partial charge in [0, 0.05) is 0 Å². The van der Waals surface area contributed by atoms with Crippen molar-refractivity contribution in [1.82, 2.24) is 0 Å². The van der Waals surface area contributed by atoms with Crippen LogP contribution in [0.3, 0.4) is 0 Å². The Labute approximate surface area is 211 Å². The molecule has 183 valence electrons. The van der Waals surface area contributed by atoms with E-state index in [1.54, 1.807) is 33.4 Å². The van der Waals surface area contributed by atoms with Crippen molar-refractivity contribution in [3.63, 3.8) is 0 Å². The molecule has 2 unspecified atom stereocenters. The minimum absolute atomic E-state index is 0.718. The molecule has 4 rings (SSSR count). The molecule has 0 aromatic heterocycles. The standard InChI is InChI=1S/2C14H17.C2H7Si.2CH3.Hf/c2*1-3-7-11-10-12-8-5-6-9-14(12)13(11)4-2;1-3-2;;;/h2*5-6,8-10H,3-4,7H2,1-2H3;3H,1-2H3;2*1H3;. The summed E-state index contributed by atoms with van der Waals surface area (Å²) < 4.78 is 7.32. The van der Waals surface area contributed by atoms with Gasteiger partial charge in [0.15, 0.2) is 0 Å². The fourth-order valence-electron chi connectivity index (χ4n) is 7.99. The Morgan fingerprint density at radius 3 is 1.35 bits per heavy atom. The summed E-state index contributed by atoms with van der Waals surface area (Å²) in [6.45, 7) is 15.1. The summed E-state index contributed by atoms with van der Waals surface area (Å²) >= 11 is -3.67. The van der Waals surface area contributed by atoms with E-state index in [0.29, 0.717) is 0 Å². The minimum atomic E-state index is -3.67. The van der Waals surface area contributed by atoms with Gasteiger partial charge < -0.3 is 0 Å². The summed E-state index contributed by atoms with van der Waals surface area (Å²) in [5.74, 6) is -0.992. The van der Waals surface area contributed by atoms with Gasteiger partial charge in [-0.3, -0.25) is 0 Å². The van der Waals surface area contributed by atoms with Crippen LogP contribution in [0.25, 0.3) is 11.1 Å². The molecule has 34 heavy (non-hydrogen) atoms. The summed E-state index contributed by atoms with van der Waals surface area (Å²) in [5, 5.41) is 0. The third-order valence-electron chi connectivity index (χ3n) is 10.1. The zero-order chi connectivity index (χ0) is 24.7. The Bertz CT molecular complexity index is 1050. The molecule has 2 aromatic carbocycles. The normalized spacial score (nSPS) is 21.1. The number of allylic oxidation sites excluding steroid dienone is 4. The van der Waals surface area contributed by atoms with Crippen LogP contribution in [-0.2, 0) is 17.7 Å². The van der Waals surface area contributed by atoms with Crippen molar-refractivity contribution in [2.45, 2.75) is 96.0 Å². The van der Waals surface area contributed by atoms with E-state index in [9.17, 15) is 0 Å². The molecule has 0 nitrogen and oxygen atoms in total. The van der Waals surface area contributed by atoms with E-state index in [2.05, 4.69) is 98.7 Å². The average molecular weight is 638 g/mol. The first-order valence-electron chi connectivity index (χ1n) is 14.1. The van der Waals surface area contributed by atoms with Crippen LogP contribution < -0.4 is 0 Å². The molecule has 0 fully saturated rings. The van der Waals surface area contributed by atoms with Gasteiger partial charge in [-0.1, -0.05) is 0 Å². The predicted octanol–water partition coefficient (Wildman–Crippen LogP) is 10.2. The van der Waals surface area contributed by atoms with Crippen molar-refractivity contribution < 1.29 is 17.7 Å². The van der Waals surface area contributed by atoms with Crippen molar-refractivity contribution >= 4 is 17.1 Å². The van der Waals surface area contributed by atoms with Crippen LogP contribution in [-0.4, -0.2) is 5.98 Å². The Morgan fingerprint density at radius 2 is 1.03 bits per heavy atom. The summed E-state index contributed by atoms with van der Waals surface area (Å²) in [5.41, 5.74) is 13.7. The van der Waals surface area contributed by atoms with Crippen LogP contribution in [0.2, 0.25) is 22.5 Å². The molecule has 2 aliphatic rings. The number of hydrogen-bond acceptors (Lipinski definition) is 0. The van der Waals surface area contributed by atoms with E-state index in [1.807, 2.05) is 11.1 Å². The van der Waals surface area contributed by atoms with Crippen LogP contribution in [0.4, 0.5) is 0 Å². The fourth-order valence-corrected chi connectivity index (χ4v) is 50.2. The van der Waals surface area contributed by atoms with E-state index >= 15 is 0 Å². The van der Waals surface area contributed by atoms with Crippen LogP contribution in [0, 0.1) is 0 Å². The van der Waals surface area contributed by atoms with Crippen molar-refractivity contribution in [2.24, 2.45) is 0 Å². The van der Waals surface area contributed by atoms with Crippen molar-refractivity contribution in [3.05, 3.63) is 81.9 Å². The molecule has 2 atom stereocenters. The number of benzene rings is 2. The third kappa shape index (κ3) is 3.69. The molecule has 0 bridgehead atoms. The van der Waals surface area contributed by atoms with Crippen LogP contribution in [0.5, 0.6) is 0 Å². The van der Waals surface area contributed by atoms with E-state index in [4.69, 9.17) is 0 Å². The molecule has 0 amide bonds. The van der Waals surface area contributed by atoms with Gasteiger partial charge >= 0.3 is 213 Å². The van der Waals surface area contributed by atoms with Crippen molar-refractivity contribution in [2.75, 3.05) is 0 Å². The molecular weight excluding hydrogens is 591 g/mol. The first-order chi connectivity index (χ1) is 16.3. The number of rotatable bonds is 9. The predicted molar refractivity (Wildman–Crippen MR) is 153 cm³/mol. The molecular formula is C32H47HfSi. The SMILES string of the molecule is CCCC1=C(CC)c2ccccc2[CH]1[Hf]([CH3])([CH3])([CH]1C(CCC)=C(CC)c2ccccc21)[SiH](C)C. The van der Waals surface area contributed by atoms with Crippen LogP contribution in [0.1, 0.15) is 95.8 Å². The van der Waals surface area contributed by atoms with E-state index in [1.165, 1.54) is 38.5 Å². The zero-order valence-electron chi connectivity index (χ0n) is 23.1. The van der Waals surface area contributed by atoms with Gasteiger partial charge in [-0.05, 0) is 0 Å². The molecule has 0 N–H and O–H groups in total. The second-order valence-corrected chi connectivity index (χ2v) is 65.6. The van der Waals surface area contributed by atoms with Crippen molar-refractivity contribution in [3.8, 4) is 0 Å². The van der Waals surface area contributed by atoms with Crippen LogP contribution >= 0.6 is 0 Å². The zero-order valence-corrected chi connectivity index (χ0v) is 27.8. The first-order valence-corrected chi connectivity index (χ1v) is 34.5. The Kier molecular flexibility index (Phi) is 7.53. The molecule has 2 heteroatoms. The molecule has 0 spiro atoms. The molecule has 0 aliphatic heterocycles. The first kappa shape index (κ1) is 26.1. The molecule has 0 heterocycles. The molecule has 0 radical (unpaired) electrons. The van der Waals surface area contributed by atoms with Gasteiger partial charge in [0.1, 0.15) is 0 Å². The maximum atomic E-state index is 2.94. The Morgan fingerprint density at radius 1 is 0.647 bits per heavy atom. The fraction of sp³-hybridized carbons (Fsp3) is 0.500. The summed E-state index contributed by atoms with van der Waals surface area (Å²) in [6, 6.07) is 19.2. The van der Waals surface area contributed by atoms with Crippen molar-refractivity contribution in [1.29, 1.82) is 0 Å². The monoisotopic (exact) mass is 639 g/mol. The third-order valence-corrected chi connectivity index (χ3v) is 76.2. The second-order valence-electron chi connectivity index (χ2n) is 12.1. The van der Waals surface area contributed by atoms with E-state index in [0.717, 1.165) is 7.35 Å². The van der Waals surface area contributed by atoms with Gasteiger partial charge in [0.2, 0.25) is 0 Å². The maximum absolute atomic E-state index is 3.67. The molecule has 2 aromatic rings. The molecule has 0 saturated heterocycles. The topological polar surface area (TPSA) is 0 Å². The van der Waals surface area contributed by atoms with E-state index in [-0.39, 0.29) is 0 Å². The summed E-state index contributed by atoms with van der Waals surface area (Å²) in [6.07, 6.45) is 7.42. The second kappa shape index (κ2) is 9.81. The van der Waals surface area contributed by atoms with Crippen LogP contribution in [0.15, 0.2) is 59.7 Å². The summed E-state index contributed by atoms with van der Waals surface area (Å²) in [4.78, 5) is 0. The van der Waals surface area contributed by atoms with Gasteiger partial charge in [-0.2, -0.15) is 0 Å². The number of fused-ring (bicyclic) bond motifs is 2. The number of hydrogen-bond donors (Lipinski definition) is 0. The van der Waals surface area contributed by atoms with Gasteiger partial charge in [-0.15, -0.1) is 0 Å². The van der Waals surface area contributed by atoms with Gasteiger partial charge in [-0.25, -0.2) is 0 Å². The van der Waals surface area contributed by atoms with Gasteiger partial charge in [0.25, 0.3) is 0 Å². The quantitative estimate of drug-likeness (QED) is 0.240. The van der Waals surface area contributed by atoms with E-state index < -0.39 is 23.7 Å². The van der Waals surface area contributed by atoms with Gasteiger partial charge in [0.05, 0.1) is 0 Å². The summed E-state index contributed by atoms with van der Waals surface area (Å²) in [7, 11) is 0. The average Bonchev–Trinajstić information content (AvgIpc) is 3.32.